The fourth-order valence-corrected chi connectivity index (χ4v) is 4.96. The third kappa shape index (κ3) is 4.65. The number of fused-ring (bicyclic) bond motifs is 1. The number of aromatic nitrogens is 3. The van der Waals surface area contributed by atoms with Gasteiger partial charge in [0.2, 0.25) is 0 Å². The Morgan fingerprint density at radius 2 is 1.41 bits per heavy atom. The third-order valence-electron chi connectivity index (χ3n) is 6.70. The van der Waals surface area contributed by atoms with Crippen molar-refractivity contribution in [1.29, 1.82) is 0 Å². The second kappa shape index (κ2) is 10.7. The fraction of sp³-hybridized carbons (Fsp3) is 0.0606. The van der Waals surface area contributed by atoms with Crippen LogP contribution in [-0.2, 0) is 21.1 Å². The van der Waals surface area contributed by atoms with Gasteiger partial charge in [-0.3, -0.25) is 4.57 Å². The molecule has 6 rings (SSSR count). The first-order valence-electron chi connectivity index (χ1n) is 12.3. The number of aryl methyl sites for hydroxylation is 2. The molecular weight excluding hydrogens is 663 g/mol. The molecule has 0 radical (unpaired) electrons. The maximum Gasteiger partial charge on any atom is 0.262 e. The van der Waals surface area contributed by atoms with E-state index in [0.29, 0.717) is 22.9 Å². The summed E-state index contributed by atoms with van der Waals surface area (Å²) in [4.78, 5) is 13.0. The largest absolute Gasteiger partial charge is 0.507 e. The van der Waals surface area contributed by atoms with Gasteiger partial charge in [-0.25, -0.2) is 4.98 Å². The van der Waals surface area contributed by atoms with Crippen LogP contribution < -0.4 is 0 Å². The summed E-state index contributed by atoms with van der Waals surface area (Å²) in [5, 5.41) is 10.8. The minimum absolute atomic E-state index is 0. The summed E-state index contributed by atoms with van der Waals surface area (Å²) in [5.41, 5.74) is 8.98. The first-order valence-corrected chi connectivity index (χ1v) is 12.3. The standard InChI is InChI=1S/C33H23N4O.Pt/c1-21-10-6-11-22(2)32(21)37-28-17-8-15-25(31(28)36-33(37)26-14-4-5-18-29(26)38)23-12-7-13-24(20-23)27-16-9-19-30(34-3)35-27;/h4-19,38H,1-2H3;/q-1;. The quantitative estimate of drug-likeness (QED) is 0.191. The van der Waals surface area contributed by atoms with Crippen LogP contribution in [0.2, 0.25) is 0 Å². The van der Waals surface area contributed by atoms with E-state index in [1.807, 2.05) is 60.7 Å². The summed E-state index contributed by atoms with van der Waals surface area (Å²) < 4.78 is 2.14. The maximum atomic E-state index is 10.8. The fourth-order valence-electron chi connectivity index (χ4n) is 4.96. The van der Waals surface area contributed by atoms with E-state index in [1.54, 1.807) is 12.1 Å². The third-order valence-corrected chi connectivity index (χ3v) is 6.70. The van der Waals surface area contributed by atoms with Crippen molar-refractivity contribution in [1.82, 2.24) is 14.5 Å². The molecule has 2 aromatic heterocycles. The molecule has 0 aliphatic carbocycles. The summed E-state index contributed by atoms with van der Waals surface area (Å²) >= 11 is 0. The van der Waals surface area contributed by atoms with Gasteiger partial charge in [-0.1, -0.05) is 66.2 Å². The molecule has 1 N–H and O–H groups in total. The van der Waals surface area contributed by atoms with Crippen LogP contribution in [-0.4, -0.2) is 19.6 Å². The number of phenols is 1. The molecule has 0 aliphatic rings. The summed E-state index contributed by atoms with van der Waals surface area (Å²) in [6, 6.07) is 34.5. The topological polar surface area (TPSA) is 55.3 Å². The number of para-hydroxylation sites is 3. The van der Waals surface area contributed by atoms with E-state index in [1.165, 1.54) is 0 Å². The van der Waals surface area contributed by atoms with Gasteiger partial charge in [-0.2, -0.15) is 4.98 Å². The molecule has 6 heteroatoms. The molecule has 0 bridgehead atoms. The van der Waals surface area contributed by atoms with E-state index >= 15 is 0 Å². The van der Waals surface area contributed by atoms with Gasteiger partial charge >= 0.3 is 0 Å². The van der Waals surface area contributed by atoms with Gasteiger partial charge < -0.3 is 9.95 Å². The van der Waals surface area contributed by atoms with Crippen molar-refractivity contribution in [3.8, 4) is 45.2 Å². The molecule has 0 spiro atoms. The number of benzene rings is 4. The molecule has 0 saturated carbocycles. The molecule has 0 unspecified atom stereocenters. The van der Waals surface area contributed by atoms with Gasteiger partial charge in [0.1, 0.15) is 11.6 Å². The van der Waals surface area contributed by atoms with E-state index in [4.69, 9.17) is 11.6 Å². The summed E-state index contributed by atoms with van der Waals surface area (Å²) in [5.74, 6) is 1.20. The Balaban J connectivity index is 0.00000308. The summed E-state index contributed by atoms with van der Waals surface area (Å²) in [6.45, 7) is 11.5. The van der Waals surface area contributed by atoms with Gasteiger partial charge in [0.15, 0.2) is 0 Å². The molecule has 39 heavy (non-hydrogen) atoms. The molecule has 4 aromatic carbocycles. The van der Waals surface area contributed by atoms with E-state index in [0.717, 1.165) is 44.5 Å². The molecule has 0 amide bonds. The Morgan fingerprint density at radius 3 is 2.18 bits per heavy atom. The van der Waals surface area contributed by atoms with Crippen LogP contribution in [0.4, 0.5) is 5.82 Å². The Kier molecular flexibility index (Phi) is 7.15. The number of phenolic OH excluding ortho intramolecular Hbond substituents is 1. The average Bonchev–Trinajstić information content (AvgIpc) is 3.32. The zero-order valence-corrected chi connectivity index (χ0v) is 23.6. The number of imidazole rings is 1. The van der Waals surface area contributed by atoms with Crippen LogP contribution in [0.15, 0.2) is 97.1 Å². The number of pyridine rings is 1. The maximum absolute atomic E-state index is 10.8. The van der Waals surface area contributed by atoms with Crippen LogP contribution in [0.5, 0.6) is 5.75 Å². The molecule has 192 valence electrons. The van der Waals surface area contributed by atoms with Crippen LogP contribution in [0.3, 0.4) is 0 Å². The number of nitrogens with zero attached hydrogens (tertiary/aromatic N) is 4. The van der Waals surface area contributed by atoms with Crippen LogP contribution >= 0.6 is 0 Å². The number of rotatable bonds is 4. The van der Waals surface area contributed by atoms with Crippen LogP contribution in [0.25, 0.3) is 55.3 Å². The van der Waals surface area contributed by atoms with Crippen molar-refractivity contribution in [3.63, 3.8) is 0 Å². The smallest absolute Gasteiger partial charge is 0.262 e. The molecule has 0 fully saturated rings. The predicted octanol–water partition coefficient (Wildman–Crippen LogP) is 8.09. The number of hydrogen-bond acceptors (Lipinski definition) is 3. The Morgan fingerprint density at radius 1 is 0.744 bits per heavy atom. The first kappa shape index (κ1) is 26.1. The summed E-state index contributed by atoms with van der Waals surface area (Å²) in [7, 11) is 0. The minimum atomic E-state index is 0. The number of aromatic hydroxyl groups is 1. The molecular formula is C33H23N4OPt-. The van der Waals surface area contributed by atoms with Gasteiger partial charge in [-0.15, -0.1) is 29.8 Å². The Labute approximate surface area is 241 Å². The number of hydrogen-bond donors (Lipinski definition) is 1. The molecule has 6 aromatic rings. The van der Waals surface area contributed by atoms with E-state index in [9.17, 15) is 5.11 Å². The SMILES string of the molecule is [C-]#[N+]c1cccc(-c2[c-]c(-c3cccc4c3nc(-c3ccccc3O)n4-c3c(C)cccc3C)ccc2)n1.[Pt]. The molecule has 2 heterocycles. The molecule has 0 saturated heterocycles. The second-order valence-corrected chi connectivity index (χ2v) is 9.17. The predicted molar refractivity (Wildman–Crippen MR) is 151 cm³/mol. The van der Waals surface area contributed by atoms with Crippen molar-refractivity contribution < 1.29 is 26.2 Å². The molecule has 0 atom stereocenters. The van der Waals surface area contributed by atoms with Gasteiger partial charge in [-0.05, 0) is 55.3 Å². The van der Waals surface area contributed by atoms with E-state index in [-0.39, 0.29) is 26.8 Å². The Hall–Kier alpha value is -4.52. The van der Waals surface area contributed by atoms with Crippen molar-refractivity contribution >= 4 is 16.9 Å². The zero-order chi connectivity index (χ0) is 26.2. The first-order chi connectivity index (χ1) is 18.5. The zero-order valence-electron chi connectivity index (χ0n) is 21.3. The summed E-state index contributed by atoms with van der Waals surface area (Å²) in [6.07, 6.45) is 0. The second-order valence-electron chi connectivity index (χ2n) is 9.17. The van der Waals surface area contributed by atoms with E-state index in [2.05, 4.69) is 58.6 Å². The normalized spacial score (nSPS) is 10.7. The van der Waals surface area contributed by atoms with Gasteiger partial charge in [0, 0.05) is 21.1 Å². The minimum Gasteiger partial charge on any atom is -0.507 e. The van der Waals surface area contributed by atoms with Crippen molar-refractivity contribution in [3.05, 3.63) is 126 Å². The molecule has 0 aliphatic heterocycles. The Bertz CT molecular complexity index is 1860. The molecule has 5 nitrogen and oxygen atoms in total. The van der Waals surface area contributed by atoms with Crippen LogP contribution in [0, 0.1) is 26.5 Å². The van der Waals surface area contributed by atoms with Crippen molar-refractivity contribution in [2.45, 2.75) is 13.8 Å². The van der Waals surface area contributed by atoms with Gasteiger partial charge in [0.25, 0.3) is 5.82 Å². The van der Waals surface area contributed by atoms with E-state index < -0.39 is 0 Å². The van der Waals surface area contributed by atoms with Crippen molar-refractivity contribution in [2.75, 3.05) is 0 Å². The average molecular weight is 687 g/mol. The van der Waals surface area contributed by atoms with Gasteiger partial charge in [0.05, 0.1) is 28.0 Å². The van der Waals surface area contributed by atoms with Crippen LogP contribution in [0.1, 0.15) is 11.1 Å². The monoisotopic (exact) mass is 686 g/mol. The van der Waals surface area contributed by atoms with Crippen molar-refractivity contribution in [2.24, 2.45) is 0 Å².